The molecule has 112 valence electrons. The van der Waals surface area contributed by atoms with E-state index in [4.69, 9.17) is 32.7 Å². The highest BCUT2D eigenvalue weighted by Crippen LogP contribution is 2.28. The summed E-state index contributed by atoms with van der Waals surface area (Å²) in [4.78, 5) is 2.44. The first-order valence-corrected chi connectivity index (χ1v) is 7.75. The smallest absolute Gasteiger partial charge is 0.137 e. The van der Waals surface area contributed by atoms with Crippen LogP contribution in [0.4, 0.5) is 0 Å². The Morgan fingerprint density at radius 3 is 2.60 bits per heavy atom. The number of likely N-dealkylation sites (N-methyl/N-ethyl adjacent to an activating group) is 1. The molecule has 0 radical (unpaired) electrons. The minimum absolute atomic E-state index is 0.00279. The Morgan fingerprint density at radius 1 is 1.30 bits per heavy atom. The van der Waals surface area contributed by atoms with E-state index in [0.29, 0.717) is 28.4 Å². The average Bonchev–Trinajstić information content (AvgIpc) is 2.85. The van der Waals surface area contributed by atoms with Crippen LogP contribution in [0.15, 0.2) is 18.2 Å². The molecule has 1 aromatic carbocycles. The van der Waals surface area contributed by atoms with Gasteiger partial charge in [0.2, 0.25) is 0 Å². The van der Waals surface area contributed by atoms with Gasteiger partial charge in [0.25, 0.3) is 0 Å². The molecule has 20 heavy (non-hydrogen) atoms. The van der Waals surface area contributed by atoms with Crippen LogP contribution in [0.2, 0.25) is 10.0 Å². The molecule has 5 heteroatoms. The largest absolute Gasteiger partial charge is 0.486 e. The van der Waals surface area contributed by atoms with E-state index in [1.54, 1.807) is 25.3 Å². The van der Waals surface area contributed by atoms with Crippen molar-refractivity contribution in [3.8, 4) is 5.75 Å². The molecule has 1 aliphatic heterocycles. The second-order valence-corrected chi connectivity index (χ2v) is 5.93. The van der Waals surface area contributed by atoms with E-state index in [2.05, 4.69) is 11.8 Å². The zero-order valence-corrected chi connectivity index (χ0v) is 13.5. The first-order valence-electron chi connectivity index (χ1n) is 6.99. The fraction of sp³-hybridized carbons (Fsp3) is 0.600. The van der Waals surface area contributed by atoms with Gasteiger partial charge < -0.3 is 9.47 Å². The summed E-state index contributed by atoms with van der Waals surface area (Å²) >= 11 is 12.0. The van der Waals surface area contributed by atoms with Crippen molar-refractivity contribution in [2.75, 3.05) is 26.8 Å². The molecule has 0 N–H and O–H groups in total. The number of likely N-dealkylation sites (tertiary alicyclic amines) is 1. The van der Waals surface area contributed by atoms with Crippen LogP contribution < -0.4 is 4.74 Å². The Labute approximate surface area is 130 Å². The summed E-state index contributed by atoms with van der Waals surface area (Å²) < 4.78 is 11.4. The van der Waals surface area contributed by atoms with Crippen LogP contribution >= 0.6 is 23.2 Å². The molecule has 1 saturated heterocycles. The number of methoxy groups -OCH3 is 1. The summed E-state index contributed by atoms with van der Waals surface area (Å²) in [6.07, 6.45) is 2.34. The Kier molecular flexibility index (Phi) is 5.97. The summed E-state index contributed by atoms with van der Waals surface area (Å²) in [5, 5.41) is 1.17. The Hall–Kier alpha value is -0.480. The van der Waals surface area contributed by atoms with Crippen LogP contribution in [0.1, 0.15) is 19.8 Å². The number of hydrogen-bond donors (Lipinski definition) is 0. The third-order valence-electron chi connectivity index (χ3n) is 3.70. The molecule has 2 rings (SSSR count). The van der Waals surface area contributed by atoms with Crippen LogP contribution in [0.3, 0.4) is 0 Å². The lowest BCUT2D eigenvalue weighted by atomic mass is 10.1. The third-order valence-corrected chi connectivity index (χ3v) is 4.14. The molecule has 1 heterocycles. The molecule has 1 aromatic rings. The van der Waals surface area contributed by atoms with E-state index in [1.807, 2.05) is 0 Å². The van der Waals surface area contributed by atoms with Crippen molar-refractivity contribution in [3.63, 3.8) is 0 Å². The fourth-order valence-corrected chi connectivity index (χ4v) is 3.33. The van der Waals surface area contributed by atoms with Crippen LogP contribution in [0, 0.1) is 0 Å². The summed E-state index contributed by atoms with van der Waals surface area (Å²) in [5.74, 6) is 0.701. The Morgan fingerprint density at radius 2 is 2.00 bits per heavy atom. The number of rotatable bonds is 6. The minimum Gasteiger partial charge on any atom is -0.486 e. The van der Waals surface area contributed by atoms with Crippen molar-refractivity contribution >= 4 is 23.2 Å². The van der Waals surface area contributed by atoms with Crippen molar-refractivity contribution in [2.24, 2.45) is 0 Å². The van der Waals surface area contributed by atoms with Gasteiger partial charge in [-0.25, -0.2) is 0 Å². The Bertz CT molecular complexity index is 422. The van der Waals surface area contributed by atoms with Crippen LogP contribution in [-0.2, 0) is 4.74 Å². The van der Waals surface area contributed by atoms with Gasteiger partial charge in [0.1, 0.15) is 11.9 Å². The van der Waals surface area contributed by atoms with E-state index in [0.717, 1.165) is 19.5 Å². The summed E-state index contributed by atoms with van der Waals surface area (Å²) in [6, 6.07) is 5.68. The number of halogens is 2. The van der Waals surface area contributed by atoms with Crippen LogP contribution in [-0.4, -0.2) is 43.9 Å². The standard InChI is InChI=1S/C15H21Cl2NO2/c1-3-18-6-4-5-14(18)15(10-19-2)20-13-8-11(16)7-12(17)9-13/h7-9,14-15H,3-6,10H2,1-2H3. The lowest BCUT2D eigenvalue weighted by molar-refractivity contribution is 0.0277. The van der Waals surface area contributed by atoms with Gasteiger partial charge >= 0.3 is 0 Å². The van der Waals surface area contributed by atoms with Crippen molar-refractivity contribution in [3.05, 3.63) is 28.2 Å². The van der Waals surface area contributed by atoms with E-state index in [-0.39, 0.29) is 6.10 Å². The number of ether oxygens (including phenoxy) is 2. The lowest BCUT2D eigenvalue weighted by Crippen LogP contribution is -2.44. The monoisotopic (exact) mass is 317 g/mol. The second-order valence-electron chi connectivity index (χ2n) is 5.05. The highest BCUT2D eigenvalue weighted by molar-refractivity contribution is 6.34. The van der Waals surface area contributed by atoms with Gasteiger partial charge in [-0.2, -0.15) is 0 Å². The summed E-state index contributed by atoms with van der Waals surface area (Å²) in [5.41, 5.74) is 0. The minimum atomic E-state index is -0.00279. The molecule has 0 aliphatic carbocycles. The zero-order chi connectivity index (χ0) is 14.5. The van der Waals surface area contributed by atoms with Crippen LogP contribution in [0.5, 0.6) is 5.75 Å². The molecule has 2 unspecified atom stereocenters. The highest BCUT2D eigenvalue weighted by Gasteiger charge is 2.32. The van der Waals surface area contributed by atoms with Crippen molar-refractivity contribution in [1.29, 1.82) is 0 Å². The fourth-order valence-electron chi connectivity index (χ4n) is 2.82. The molecular formula is C15H21Cl2NO2. The van der Waals surface area contributed by atoms with E-state index >= 15 is 0 Å². The SMILES string of the molecule is CCN1CCCC1C(COC)Oc1cc(Cl)cc(Cl)c1. The van der Waals surface area contributed by atoms with Crippen molar-refractivity contribution < 1.29 is 9.47 Å². The number of nitrogens with zero attached hydrogens (tertiary/aromatic N) is 1. The molecule has 0 aromatic heterocycles. The van der Waals surface area contributed by atoms with Gasteiger partial charge in [0.05, 0.1) is 6.61 Å². The first-order chi connectivity index (χ1) is 9.63. The molecule has 0 bridgehead atoms. The highest BCUT2D eigenvalue weighted by atomic mass is 35.5. The van der Waals surface area contributed by atoms with E-state index < -0.39 is 0 Å². The van der Waals surface area contributed by atoms with E-state index in [9.17, 15) is 0 Å². The molecule has 1 aliphatic rings. The Balaban J connectivity index is 2.12. The van der Waals surface area contributed by atoms with Gasteiger partial charge in [-0.3, -0.25) is 4.90 Å². The van der Waals surface area contributed by atoms with Gasteiger partial charge in [-0.1, -0.05) is 30.1 Å². The number of benzene rings is 1. The first kappa shape index (κ1) is 15.9. The van der Waals surface area contributed by atoms with Gasteiger partial charge in [0, 0.05) is 23.2 Å². The molecule has 0 saturated carbocycles. The van der Waals surface area contributed by atoms with Crippen molar-refractivity contribution in [1.82, 2.24) is 4.90 Å². The predicted molar refractivity (Wildman–Crippen MR) is 83.0 cm³/mol. The second kappa shape index (κ2) is 7.51. The van der Waals surface area contributed by atoms with E-state index in [1.165, 1.54) is 6.42 Å². The maximum absolute atomic E-state index is 6.10. The van der Waals surface area contributed by atoms with Gasteiger partial charge in [0.15, 0.2) is 0 Å². The zero-order valence-electron chi connectivity index (χ0n) is 11.9. The summed E-state index contributed by atoms with van der Waals surface area (Å²) in [6.45, 7) is 4.90. The third kappa shape index (κ3) is 4.01. The predicted octanol–water partition coefficient (Wildman–Crippen LogP) is 3.87. The molecule has 2 atom stereocenters. The normalized spacial score (nSPS) is 21.1. The lowest BCUT2D eigenvalue weighted by Gasteiger charge is -2.31. The summed E-state index contributed by atoms with van der Waals surface area (Å²) in [7, 11) is 1.70. The maximum Gasteiger partial charge on any atom is 0.137 e. The number of hydrogen-bond acceptors (Lipinski definition) is 3. The van der Waals surface area contributed by atoms with Gasteiger partial charge in [-0.15, -0.1) is 0 Å². The maximum atomic E-state index is 6.10. The van der Waals surface area contributed by atoms with Gasteiger partial charge in [-0.05, 0) is 44.1 Å². The molecule has 0 amide bonds. The quantitative estimate of drug-likeness (QED) is 0.795. The molecular weight excluding hydrogens is 297 g/mol. The molecule has 3 nitrogen and oxygen atoms in total. The topological polar surface area (TPSA) is 21.7 Å². The van der Waals surface area contributed by atoms with Crippen LogP contribution in [0.25, 0.3) is 0 Å². The molecule has 1 fully saturated rings. The molecule has 0 spiro atoms. The average molecular weight is 318 g/mol. The van der Waals surface area contributed by atoms with Crippen molar-refractivity contribution in [2.45, 2.75) is 31.9 Å².